The van der Waals surface area contributed by atoms with Crippen molar-refractivity contribution >= 4 is 57.3 Å². The third-order valence-corrected chi connectivity index (χ3v) is 1.41. The summed E-state index contributed by atoms with van der Waals surface area (Å²) in [5, 5.41) is 11.6. The van der Waals surface area contributed by atoms with Crippen LogP contribution in [0.3, 0.4) is 0 Å². The number of halogens is 2. The van der Waals surface area contributed by atoms with Gasteiger partial charge < -0.3 is 43.8 Å². The minimum absolute atomic E-state index is 0.00463. The second-order valence-corrected chi connectivity index (χ2v) is 5.73. The zero-order valence-corrected chi connectivity index (χ0v) is 30.9. The number of nitrogens with one attached hydrogen (secondary N) is 5. The molecule has 0 aromatic rings. The van der Waals surface area contributed by atoms with Crippen LogP contribution in [-0.2, 0) is 28.8 Å². The van der Waals surface area contributed by atoms with Gasteiger partial charge in [0.05, 0.1) is 0 Å². The monoisotopic (exact) mass is 646 g/mol. The van der Waals surface area contributed by atoms with E-state index in [4.69, 9.17) is 0 Å². The number of nitrogens with two attached hydrogens (primary N) is 3. The maximum absolute atomic E-state index is 9.70. The molecule has 0 heterocycles. The Morgan fingerprint density at radius 2 is 0.415 bits per heavy atom. The number of hydrogen-bond donors (Lipinski definition) is 8. The molecule has 0 bridgehead atoms. The van der Waals surface area contributed by atoms with E-state index in [2.05, 4.69) is 67.0 Å². The molecule has 4 amide bonds. The molecule has 0 aliphatic carbocycles. The minimum atomic E-state index is -0.361. The van der Waals surface area contributed by atoms with Crippen molar-refractivity contribution in [3.05, 3.63) is 0 Å². The highest BCUT2D eigenvalue weighted by Crippen LogP contribution is 1.68. The summed E-state index contributed by atoms with van der Waals surface area (Å²) in [4.78, 5) is 57.2. The van der Waals surface area contributed by atoms with Crippen molar-refractivity contribution in [1.82, 2.24) is 26.6 Å². The van der Waals surface area contributed by atoms with E-state index in [9.17, 15) is 28.8 Å². The first-order chi connectivity index (χ1) is 19.0. The lowest BCUT2D eigenvalue weighted by Gasteiger charge is -1.80. The van der Waals surface area contributed by atoms with Crippen LogP contribution in [0.25, 0.3) is 0 Å². The molecule has 14 nitrogen and oxygen atoms in total. The third kappa shape index (κ3) is 1500. The molecule has 0 unspecified atom stereocenters. The lowest BCUT2D eigenvalue weighted by Crippen LogP contribution is -2.11. The minimum Gasteiger partial charge on any atom is -0.359 e. The molecule has 0 atom stereocenters. The van der Waals surface area contributed by atoms with Crippen molar-refractivity contribution in [2.24, 2.45) is 17.2 Å². The van der Waals surface area contributed by atoms with Gasteiger partial charge >= 0.3 is 0 Å². The first-order valence-corrected chi connectivity index (χ1v) is 13.1. The Kier molecular flexibility index (Phi) is 223. The topological polar surface area (TPSA) is 241 Å². The molecule has 0 aliphatic heterocycles. The average molecular weight is 648 g/mol. The predicted octanol–water partition coefficient (Wildman–Crippen LogP) is 1.17. The summed E-state index contributed by atoms with van der Waals surface area (Å²) in [5.74, 6) is 0.0185. The van der Waals surface area contributed by atoms with E-state index in [0.717, 1.165) is 0 Å². The molecule has 0 aromatic carbocycles. The summed E-state index contributed by atoms with van der Waals surface area (Å²) >= 11 is 9.27. The summed E-state index contributed by atoms with van der Waals surface area (Å²) in [5.41, 5.74) is 13.5. The van der Waals surface area contributed by atoms with Gasteiger partial charge in [-0.15, -0.1) is 0 Å². The molecule has 0 aliphatic rings. The van der Waals surface area contributed by atoms with Crippen molar-refractivity contribution in [2.45, 2.75) is 69.2 Å². The van der Waals surface area contributed by atoms with Crippen LogP contribution < -0.4 is 43.8 Å². The molecule has 41 heavy (non-hydrogen) atoms. The summed E-state index contributed by atoms with van der Waals surface area (Å²) in [6.45, 7) is 16.5. The Morgan fingerprint density at radius 3 is 0.415 bits per heavy atom. The van der Waals surface area contributed by atoms with E-state index in [1.165, 1.54) is 62.7 Å². The van der Waals surface area contributed by atoms with Crippen molar-refractivity contribution in [1.29, 1.82) is 0 Å². The zero-order chi connectivity index (χ0) is 37.0. The van der Waals surface area contributed by atoms with Crippen LogP contribution >= 0.6 is 23.2 Å². The molecular weight excluding hydrogens is 579 g/mol. The van der Waals surface area contributed by atoms with Crippen LogP contribution in [0.4, 0.5) is 0 Å². The molecule has 16 heteroatoms. The number of carbonyl (C=O) groups excluding carboxylic acids is 6. The lowest BCUT2D eigenvalue weighted by molar-refractivity contribution is -0.119. The molecule has 0 saturated heterocycles. The standard InChI is InChI=1S/4C3H7NO.2C2H3ClO.C2H7N.2C2H6.3CH5N/c4*1-3(5)4-2;2*1-2(3)4;1-3-2;5*1-2/h4*1-2H3,(H,4,5);2*1H3;3H,1-2H3;2*1-2H3;3*2H2,1H3. The molecular formula is C25H68Cl2N8O6. The van der Waals surface area contributed by atoms with Gasteiger partial charge in [-0.25, -0.2) is 0 Å². The van der Waals surface area contributed by atoms with E-state index in [-0.39, 0.29) is 34.1 Å². The van der Waals surface area contributed by atoms with E-state index < -0.39 is 0 Å². The van der Waals surface area contributed by atoms with Crippen LogP contribution in [0.2, 0.25) is 0 Å². The highest BCUT2D eigenvalue weighted by molar-refractivity contribution is 6.63. The Labute approximate surface area is 262 Å². The zero-order valence-electron chi connectivity index (χ0n) is 29.4. The quantitative estimate of drug-likeness (QED) is 0.175. The molecule has 0 aromatic heterocycles. The van der Waals surface area contributed by atoms with E-state index in [1.807, 2.05) is 41.8 Å². The molecule has 11 N–H and O–H groups in total. The van der Waals surface area contributed by atoms with Gasteiger partial charge in [0.15, 0.2) is 0 Å². The number of carbonyl (C=O) groups is 6. The Balaban J connectivity index is -0.0000000228. The Hall–Kier alpha value is -2.36. The summed E-state index contributed by atoms with van der Waals surface area (Å²) in [6.07, 6.45) is 0. The van der Waals surface area contributed by atoms with Crippen molar-refractivity contribution in [3.8, 4) is 0 Å². The maximum Gasteiger partial charge on any atom is 0.218 e. The van der Waals surface area contributed by atoms with Crippen molar-refractivity contribution in [2.75, 3.05) is 63.4 Å². The molecule has 258 valence electrons. The van der Waals surface area contributed by atoms with Gasteiger partial charge in [0.25, 0.3) is 0 Å². The fourth-order valence-corrected chi connectivity index (χ4v) is 0. The van der Waals surface area contributed by atoms with E-state index in [1.54, 1.807) is 28.2 Å². The Bertz CT molecular complexity index is 401. The van der Waals surface area contributed by atoms with Crippen LogP contribution in [0.1, 0.15) is 69.2 Å². The fourth-order valence-electron chi connectivity index (χ4n) is 0. The number of hydrogen-bond acceptors (Lipinski definition) is 10. The fraction of sp³-hybridized carbons (Fsp3) is 0.760. The molecule has 0 spiro atoms. The molecule has 0 fully saturated rings. The van der Waals surface area contributed by atoms with Crippen molar-refractivity contribution < 1.29 is 28.8 Å². The smallest absolute Gasteiger partial charge is 0.218 e. The van der Waals surface area contributed by atoms with Gasteiger partial charge in [0.1, 0.15) is 0 Å². The van der Waals surface area contributed by atoms with Gasteiger partial charge in [0.2, 0.25) is 34.1 Å². The van der Waals surface area contributed by atoms with Gasteiger partial charge in [-0.2, -0.15) is 0 Å². The maximum atomic E-state index is 9.70. The number of rotatable bonds is 0. The Morgan fingerprint density at radius 1 is 0.390 bits per heavy atom. The second kappa shape index (κ2) is 119. The van der Waals surface area contributed by atoms with Gasteiger partial charge in [-0.05, 0) is 58.4 Å². The molecule has 0 saturated carbocycles. The third-order valence-electron chi connectivity index (χ3n) is 1.41. The SMILES string of the molecule is CC.CC.CC(=O)Cl.CC(=O)Cl.CN.CN.CN.CNC.CNC(C)=O.CNC(C)=O.CNC(C)=O.CNC(C)=O. The molecule has 0 radical (unpaired) electrons. The summed E-state index contributed by atoms with van der Waals surface area (Å²) in [7, 11) is 14.6. The first kappa shape index (κ1) is 77.1. The van der Waals surface area contributed by atoms with E-state index >= 15 is 0 Å². The predicted molar refractivity (Wildman–Crippen MR) is 180 cm³/mol. The van der Waals surface area contributed by atoms with Gasteiger partial charge in [-0.1, -0.05) is 27.7 Å². The van der Waals surface area contributed by atoms with Crippen LogP contribution in [0.5, 0.6) is 0 Å². The largest absolute Gasteiger partial charge is 0.359 e. The lowest BCUT2D eigenvalue weighted by atomic mass is 10.7. The summed E-state index contributed by atoms with van der Waals surface area (Å²) in [6, 6.07) is 0. The van der Waals surface area contributed by atoms with Crippen LogP contribution in [-0.4, -0.2) is 97.5 Å². The summed E-state index contributed by atoms with van der Waals surface area (Å²) < 4.78 is 0. The number of amides is 4. The van der Waals surface area contributed by atoms with Crippen molar-refractivity contribution in [3.63, 3.8) is 0 Å². The molecule has 0 rings (SSSR count). The van der Waals surface area contributed by atoms with Crippen LogP contribution in [0, 0.1) is 0 Å². The second-order valence-electron chi connectivity index (χ2n) is 4.67. The van der Waals surface area contributed by atoms with Gasteiger partial charge in [0, 0.05) is 69.7 Å². The normalized spacial score (nSPS) is 5.76. The highest BCUT2D eigenvalue weighted by Gasteiger charge is 1.74. The average Bonchev–Trinajstić information content (AvgIpc) is 2.95. The highest BCUT2D eigenvalue weighted by atomic mass is 35.5. The van der Waals surface area contributed by atoms with Crippen LogP contribution in [0.15, 0.2) is 0 Å². The van der Waals surface area contributed by atoms with E-state index in [0.29, 0.717) is 0 Å². The van der Waals surface area contributed by atoms with Gasteiger partial charge in [-0.3, -0.25) is 28.8 Å². The first-order valence-electron chi connectivity index (χ1n) is 12.3.